The van der Waals surface area contributed by atoms with Gasteiger partial charge in [0.15, 0.2) is 0 Å². The van der Waals surface area contributed by atoms with Crippen molar-refractivity contribution in [3.8, 4) is 21.7 Å². The first-order chi connectivity index (χ1) is 16.1. The lowest BCUT2D eigenvalue weighted by atomic mass is 10.1. The van der Waals surface area contributed by atoms with Gasteiger partial charge in [0.1, 0.15) is 5.82 Å². The quantitative estimate of drug-likeness (QED) is 0.293. The van der Waals surface area contributed by atoms with Crippen LogP contribution in [-0.2, 0) is 17.6 Å². The number of nitrogens with zero attached hydrogens (tertiary/aromatic N) is 2. The van der Waals surface area contributed by atoms with E-state index in [0.717, 1.165) is 51.5 Å². The molecule has 0 atom stereocenters. The molecule has 0 unspecified atom stereocenters. The number of hydrogen-bond donors (Lipinski definition) is 1. The van der Waals surface area contributed by atoms with Gasteiger partial charge >= 0.3 is 0 Å². The van der Waals surface area contributed by atoms with E-state index in [1.807, 2.05) is 42.5 Å². The Morgan fingerprint density at radius 2 is 1.82 bits per heavy atom. The molecule has 4 rings (SSSR count). The molecule has 1 N–H and O–H groups in total. The van der Waals surface area contributed by atoms with Crippen molar-refractivity contribution < 1.29 is 4.79 Å². The molecule has 5 heteroatoms. The third-order valence-electron chi connectivity index (χ3n) is 5.48. The molecule has 0 aliphatic heterocycles. The zero-order valence-corrected chi connectivity index (χ0v) is 20.0. The Hall–Kier alpha value is -3.31. The van der Waals surface area contributed by atoms with Gasteiger partial charge in [0.05, 0.1) is 15.6 Å². The maximum absolute atomic E-state index is 12.5. The Bertz CT molecular complexity index is 1220. The predicted molar refractivity (Wildman–Crippen MR) is 138 cm³/mol. The van der Waals surface area contributed by atoms with Crippen molar-refractivity contribution in [3.63, 3.8) is 0 Å². The van der Waals surface area contributed by atoms with Crippen LogP contribution in [0.3, 0.4) is 0 Å². The highest BCUT2D eigenvalue weighted by molar-refractivity contribution is 7.15. The molecule has 0 bridgehead atoms. The number of amides is 1. The number of anilines is 1. The van der Waals surface area contributed by atoms with Gasteiger partial charge in [-0.15, -0.1) is 11.3 Å². The second kappa shape index (κ2) is 11.0. The van der Waals surface area contributed by atoms with E-state index in [0.29, 0.717) is 18.7 Å². The predicted octanol–water partition coefficient (Wildman–Crippen LogP) is 7.09. The van der Waals surface area contributed by atoms with Crippen molar-refractivity contribution in [1.29, 1.82) is 0 Å². The fourth-order valence-electron chi connectivity index (χ4n) is 3.73. The van der Waals surface area contributed by atoms with Crippen molar-refractivity contribution in [2.45, 2.75) is 46.0 Å². The Balaban J connectivity index is 1.56. The van der Waals surface area contributed by atoms with Gasteiger partial charge in [-0.05, 0) is 55.5 Å². The van der Waals surface area contributed by atoms with E-state index in [1.165, 1.54) is 5.56 Å². The number of aryl methyl sites for hydroxylation is 3. The lowest BCUT2D eigenvalue weighted by Gasteiger charge is -2.08. The topological polar surface area (TPSA) is 54.9 Å². The highest BCUT2D eigenvalue weighted by atomic mass is 32.1. The van der Waals surface area contributed by atoms with E-state index < -0.39 is 0 Å². The Morgan fingerprint density at radius 3 is 2.61 bits per heavy atom. The van der Waals surface area contributed by atoms with E-state index in [9.17, 15) is 4.79 Å². The summed E-state index contributed by atoms with van der Waals surface area (Å²) < 4.78 is 0. The maximum atomic E-state index is 12.5. The number of carbonyl (C=O) groups is 1. The first-order valence-corrected chi connectivity index (χ1v) is 12.3. The molecule has 1 amide bonds. The minimum absolute atomic E-state index is 0.0321. The molecule has 33 heavy (non-hydrogen) atoms. The number of rotatable bonds is 9. The SMILES string of the molecule is CCCCc1nc(-c2cccc(C)c2)c(-c2ccnc(NC(=O)CCc3ccccc3)c2)s1. The highest BCUT2D eigenvalue weighted by Crippen LogP contribution is 2.38. The minimum atomic E-state index is -0.0321. The van der Waals surface area contributed by atoms with Crippen LogP contribution >= 0.6 is 11.3 Å². The van der Waals surface area contributed by atoms with Crippen LogP contribution in [0.4, 0.5) is 5.82 Å². The molecule has 168 valence electrons. The lowest BCUT2D eigenvalue weighted by molar-refractivity contribution is -0.116. The molecule has 0 fully saturated rings. The molecular weight excluding hydrogens is 426 g/mol. The molecule has 0 saturated carbocycles. The number of unbranched alkanes of at least 4 members (excludes halogenated alkanes) is 1. The largest absolute Gasteiger partial charge is 0.311 e. The second-order valence-corrected chi connectivity index (χ2v) is 9.31. The molecule has 0 aliphatic carbocycles. The minimum Gasteiger partial charge on any atom is -0.311 e. The molecule has 0 saturated heterocycles. The van der Waals surface area contributed by atoms with E-state index in [2.05, 4.69) is 48.4 Å². The number of benzene rings is 2. The van der Waals surface area contributed by atoms with Crippen LogP contribution in [0.15, 0.2) is 72.9 Å². The van der Waals surface area contributed by atoms with Crippen LogP contribution in [-0.4, -0.2) is 15.9 Å². The Kier molecular flexibility index (Phi) is 7.63. The molecule has 4 aromatic rings. The average molecular weight is 456 g/mol. The zero-order valence-electron chi connectivity index (χ0n) is 19.2. The monoisotopic (exact) mass is 455 g/mol. The fourth-order valence-corrected chi connectivity index (χ4v) is 4.85. The van der Waals surface area contributed by atoms with Crippen molar-refractivity contribution in [2.75, 3.05) is 5.32 Å². The summed E-state index contributed by atoms with van der Waals surface area (Å²) in [5.41, 5.74) is 5.51. The van der Waals surface area contributed by atoms with Gasteiger partial charge in [-0.2, -0.15) is 0 Å². The van der Waals surface area contributed by atoms with Crippen LogP contribution < -0.4 is 5.32 Å². The summed E-state index contributed by atoms with van der Waals surface area (Å²) in [4.78, 5) is 23.0. The van der Waals surface area contributed by atoms with Crippen molar-refractivity contribution in [3.05, 3.63) is 89.1 Å². The Labute approximate surface area is 199 Å². The van der Waals surface area contributed by atoms with Crippen molar-refractivity contribution in [1.82, 2.24) is 9.97 Å². The van der Waals surface area contributed by atoms with Gasteiger partial charge in [0, 0.05) is 18.2 Å². The van der Waals surface area contributed by atoms with Gasteiger partial charge in [-0.25, -0.2) is 9.97 Å². The molecule has 2 heterocycles. The van der Waals surface area contributed by atoms with E-state index in [1.54, 1.807) is 17.5 Å². The van der Waals surface area contributed by atoms with E-state index in [4.69, 9.17) is 4.98 Å². The lowest BCUT2D eigenvalue weighted by Crippen LogP contribution is -2.13. The van der Waals surface area contributed by atoms with Gasteiger partial charge in [0.25, 0.3) is 0 Å². The number of thiazole rings is 1. The van der Waals surface area contributed by atoms with E-state index >= 15 is 0 Å². The van der Waals surface area contributed by atoms with Gasteiger partial charge in [-0.3, -0.25) is 4.79 Å². The molecule has 0 aliphatic rings. The summed E-state index contributed by atoms with van der Waals surface area (Å²) in [6.45, 7) is 4.30. The van der Waals surface area contributed by atoms with Gasteiger partial charge < -0.3 is 5.32 Å². The Morgan fingerprint density at radius 1 is 0.970 bits per heavy atom. The third kappa shape index (κ3) is 6.14. The zero-order chi connectivity index (χ0) is 23.0. The summed E-state index contributed by atoms with van der Waals surface area (Å²) in [6.07, 6.45) is 6.13. The fraction of sp³-hybridized carbons (Fsp3) is 0.250. The summed E-state index contributed by atoms with van der Waals surface area (Å²) >= 11 is 1.74. The summed E-state index contributed by atoms with van der Waals surface area (Å²) in [5, 5.41) is 4.11. The summed E-state index contributed by atoms with van der Waals surface area (Å²) in [7, 11) is 0. The molecule has 0 spiro atoms. The van der Waals surface area contributed by atoms with Crippen LogP contribution in [0.5, 0.6) is 0 Å². The first kappa shape index (κ1) is 22.9. The number of nitrogens with one attached hydrogen (secondary N) is 1. The normalized spacial score (nSPS) is 10.8. The van der Waals surface area contributed by atoms with E-state index in [-0.39, 0.29) is 5.91 Å². The molecule has 0 radical (unpaired) electrons. The smallest absolute Gasteiger partial charge is 0.225 e. The van der Waals surface area contributed by atoms with Crippen molar-refractivity contribution in [2.24, 2.45) is 0 Å². The summed E-state index contributed by atoms with van der Waals surface area (Å²) in [6, 6.07) is 22.5. The van der Waals surface area contributed by atoms with Gasteiger partial charge in [0.2, 0.25) is 5.91 Å². The van der Waals surface area contributed by atoms with Crippen LogP contribution in [0.1, 0.15) is 42.3 Å². The highest BCUT2D eigenvalue weighted by Gasteiger charge is 2.16. The molecular formula is C28H29N3OS. The molecule has 2 aromatic heterocycles. The third-order valence-corrected chi connectivity index (χ3v) is 6.64. The number of carbonyl (C=O) groups excluding carboxylic acids is 1. The second-order valence-electron chi connectivity index (χ2n) is 8.22. The standard InChI is InChI=1S/C28H29N3OS/c1-3-4-13-26-31-27(22-12-8-9-20(2)18-22)28(33-26)23-16-17-29-24(19-23)30-25(32)15-14-21-10-6-5-7-11-21/h5-12,16-19H,3-4,13-15H2,1-2H3,(H,29,30,32). The number of aromatic nitrogens is 2. The van der Waals surface area contributed by atoms with Gasteiger partial charge in [-0.1, -0.05) is 67.4 Å². The number of hydrogen-bond acceptors (Lipinski definition) is 4. The average Bonchev–Trinajstić information content (AvgIpc) is 3.27. The summed E-state index contributed by atoms with van der Waals surface area (Å²) in [5.74, 6) is 0.541. The van der Waals surface area contributed by atoms with Crippen molar-refractivity contribution >= 4 is 23.1 Å². The maximum Gasteiger partial charge on any atom is 0.225 e. The van der Waals surface area contributed by atoms with Crippen LogP contribution in [0, 0.1) is 6.92 Å². The van der Waals surface area contributed by atoms with Crippen LogP contribution in [0.25, 0.3) is 21.7 Å². The van der Waals surface area contributed by atoms with Crippen LogP contribution in [0.2, 0.25) is 0 Å². The number of pyridine rings is 1. The first-order valence-electron chi connectivity index (χ1n) is 11.5. The molecule has 2 aromatic carbocycles. The molecule has 4 nitrogen and oxygen atoms in total.